The minimum absolute atomic E-state index is 0. The molecular formula is C14H24N2O2S4Zn. The molecule has 0 saturated heterocycles. The van der Waals surface area contributed by atoms with Crippen molar-refractivity contribution in [1.82, 2.24) is 0 Å². The first-order chi connectivity index (χ1) is 10.5. The van der Waals surface area contributed by atoms with Gasteiger partial charge in [0.15, 0.2) is 0 Å². The molecule has 0 aliphatic rings. The quantitative estimate of drug-likeness (QED) is 0.169. The van der Waals surface area contributed by atoms with Crippen molar-refractivity contribution >= 4 is 70.9 Å². The molecule has 0 aliphatic heterocycles. The van der Waals surface area contributed by atoms with E-state index in [2.05, 4.69) is 73.5 Å². The normalized spacial score (nSPS) is 9.83. The van der Waals surface area contributed by atoms with Gasteiger partial charge in [-0.05, 0) is 25.3 Å². The molecule has 23 heavy (non-hydrogen) atoms. The van der Waals surface area contributed by atoms with Crippen LogP contribution in [0.1, 0.15) is 39.5 Å². The average Bonchev–Trinajstić information content (AvgIpc) is 2.46. The first kappa shape index (κ1) is 28.0. The molecule has 0 rings (SSSR count). The van der Waals surface area contributed by atoms with Crippen LogP contribution in [-0.2, 0) is 54.2 Å². The van der Waals surface area contributed by atoms with Gasteiger partial charge in [0.1, 0.15) is 13.2 Å². The third kappa shape index (κ3) is 34.5. The largest absolute Gasteiger partial charge is 2.00 e. The van der Waals surface area contributed by atoms with Crippen molar-refractivity contribution < 1.29 is 29.0 Å². The van der Waals surface area contributed by atoms with Crippen LogP contribution in [0, 0.1) is 0 Å². The van der Waals surface area contributed by atoms with E-state index in [1.165, 1.54) is 0 Å². The van der Waals surface area contributed by atoms with E-state index < -0.39 is 0 Å². The van der Waals surface area contributed by atoms with E-state index in [0.29, 0.717) is 26.3 Å². The fourth-order valence-electron chi connectivity index (χ4n) is 0.987. The van der Waals surface area contributed by atoms with E-state index in [1.807, 2.05) is 12.4 Å². The van der Waals surface area contributed by atoms with Crippen molar-refractivity contribution in [2.24, 2.45) is 9.98 Å². The number of hydrogen-bond acceptors (Lipinski definition) is 8. The van der Waals surface area contributed by atoms with Crippen LogP contribution >= 0.6 is 24.4 Å². The van der Waals surface area contributed by atoms with Crippen molar-refractivity contribution in [3.63, 3.8) is 0 Å². The average molecular weight is 446 g/mol. The van der Waals surface area contributed by atoms with Gasteiger partial charge in [0, 0.05) is 8.77 Å². The maximum atomic E-state index is 4.85. The van der Waals surface area contributed by atoms with Crippen LogP contribution in [0.15, 0.2) is 9.98 Å². The number of rotatable bonds is 10. The van der Waals surface area contributed by atoms with Gasteiger partial charge in [-0.1, -0.05) is 26.7 Å². The molecule has 0 atom stereocenters. The van der Waals surface area contributed by atoms with E-state index in [0.717, 1.165) is 25.7 Å². The number of aliphatic imine (C=N–C) groups is 2. The minimum atomic E-state index is 0. The van der Waals surface area contributed by atoms with E-state index in [1.54, 1.807) is 0 Å². The second kappa shape index (κ2) is 24.4. The molecule has 0 aromatic rings. The zero-order valence-electron chi connectivity index (χ0n) is 13.9. The Bertz CT molecular complexity index is 311. The first-order valence-electron chi connectivity index (χ1n) is 7.18. The summed E-state index contributed by atoms with van der Waals surface area (Å²) in [5.74, 6) is 0. The van der Waals surface area contributed by atoms with Crippen LogP contribution in [0.4, 0.5) is 0 Å². The molecule has 0 aromatic heterocycles. The molecule has 0 fully saturated rings. The minimum Gasteiger partial charge on any atom is -0.512 e. The number of nitrogens with zero attached hydrogens (tertiary/aromatic N) is 2. The summed E-state index contributed by atoms with van der Waals surface area (Å²) in [5.41, 5.74) is 0. The van der Waals surface area contributed by atoms with Gasteiger partial charge < -0.3 is 59.2 Å². The summed E-state index contributed by atoms with van der Waals surface area (Å²) in [7, 11) is 0. The number of thiocarbonyl (C=S) groups is 2. The summed E-state index contributed by atoms with van der Waals surface area (Å²) in [6, 6.07) is 0. The maximum absolute atomic E-state index is 4.85. The standard InChI is InChI=1S/2C7H13NOS2.Zn/c2*1-2-3-4-8-5-6-9-7(10)11;/h2*4H,2-3,5-6H2,1H3,(H,10,11);/q;;+2/p-2. The second-order valence-corrected chi connectivity index (χ2v) is 5.95. The first-order valence-corrected chi connectivity index (χ1v) is 8.81. The molecule has 0 amide bonds. The fraction of sp³-hybridized carbons (Fsp3) is 0.714. The zero-order valence-corrected chi connectivity index (χ0v) is 20.1. The van der Waals surface area contributed by atoms with Gasteiger partial charge in [-0.25, -0.2) is 0 Å². The molecular weight excluding hydrogens is 422 g/mol. The van der Waals surface area contributed by atoms with Gasteiger partial charge >= 0.3 is 19.5 Å². The van der Waals surface area contributed by atoms with Crippen molar-refractivity contribution in [2.45, 2.75) is 39.5 Å². The number of unbranched alkanes of at least 4 members (excludes halogenated alkanes) is 2. The summed E-state index contributed by atoms with van der Waals surface area (Å²) in [4.78, 5) is 8.15. The van der Waals surface area contributed by atoms with Crippen LogP contribution in [0.2, 0.25) is 0 Å². The fourth-order valence-corrected chi connectivity index (χ4v) is 1.32. The van der Waals surface area contributed by atoms with Gasteiger partial charge in [0.2, 0.25) is 0 Å². The predicted octanol–water partition coefficient (Wildman–Crippen LogP) is 3.41. The Morgan fingerprint density at radius 1 is 0.870 bits per heavy atom. The summed E-state index contributed by atoms with van der Waals surface area (Å²) in [6.07, 6.45) is 8.11. The molecule has 128 valence electrons. The second-order valence-electron chi connectivity index (χ2n) is 3.95. The Kier molecular flexibility index (Phi) is 29.8. The van der Waals surface area contributed by atoms with Crippen LogP contribution in [-0.4, -0.2) is 47.5 Å². The van der Waals surface area contributed by atoms with Crippen LogP contribution in [0.3, 0.4) is 0 Å². The van der Waals surface area contributed by atoms with Crippen molar-refractivity contribution in [3.05, 3.63) is 0 Å². The molecule has 0 heterocycles. The number of hydrogen-bond donors (Lipinski definition) is 0. The Hall–Kier alpha value is 0.183. The van der Waals surface area contributed by atoms with Crippen LogP contribution in [0.25, 0.3) is 0 Å². The summed E-state index contributed by atoms with van der Waals surface area (Å²) in [6.45, 7) is 6.53. The van der Waals surface area contributed by atoms with Gasteiger partial charge in [-0.2, -0.15) is 0 Å². The molecule has 4 nitrogen and oxygen atoms in total. The molecule has 0 spiro atoms. The summed E-state index contributed by atoms with van der Waals surface area (Å²) in [5, 5.41) is 0. The van der Waals surface area contributed by atoms with Crippen molar-refractivity contribution in [1.29, 1.82) is 0 Å². The molecule has 0 radical (unpaired) electrons. The van der Waals surface area contributed by atoms with E-state index in [4.69, 9.17) is 9.47 Å². The Labute approximate surface area is 174 Å². The molecule has 0 unspecified atom stereocenters. The third-order valence-electron chi connectivity index (χ3n) is 1.97. The Morgan fingerprint density at radius 2 is 1.22 bits per heavy atom. The predicted molar refractivity (Wildman–Crippen MR) is 108 cm³/mol. The smallest absolute Gasteiger partial charge is 0.512 e. The van der Waals surface area contributed by atoms with E-state index in [9.17, 15) is 0 Å². The maximum Gasteiger partial charge on any atom is 2.00 e. The van der Waals surface area contributed by atoms with Crippen molar-refractivity contribution in [3.8, 4) is 0 Å². The molecule has 0 aliphatic carbocycles. The molecule has 0 saturated carbocycles. The monoisotopic (exact) mass is 444 g/mol. The Balaban J connectivity index is -0.000000333. The molecule has 0 aromatic carbocycles. The van der Waals surface area contributed by atoms with Crippen molar-refractivity contribution in [2.75, 3.05) is 26.3 Å². The van der Waals surface area contributed by atoms with E-state index >= 15 is 0 Å². The van der Waals surface area contributed by atoms with Gasteiger partial charge in [-0.3, -0.25) is 9.98 Å². The van der Waals surface area contributed by atoms with Gasteiger partial charge in [-0.15, -0.1) is 0 Å². The molecule has 9 heteroatoms. The van der Waals surface area contributed by atoms with Gasteiger partial charge in [0.25, 0.3) is 0 Å². The van der Waals surface area contributed by atoms with Crippen LogP contribution in [0.5, 0.6) is 0 Å². The molecule has 0 N–H and O–H groups in total. The number of ether oxygens (including phenoxy) is 2. The molecule has 0 bridgehead atoms. The SMILES string of the molecule is CCCC=NCCOC(=S)[S-].CCCC=NCCOC(=S)[S-].[Zn+2]. The third-order valence-corrected chi connectivity index (χ3v) is 2.45. The summed E-state index contributed by atoms with van der Waals surface area (Å²) < 4.78 is 10.1. The topological polar surface area (TPSA) is 43.2 Å². The Morgan fingerprint density at radius 3 is 1.48 bits per heavy atom. The summed E-state index contributed by atoms with van der Waals surface area (Å²) >= 11 is 18.1. The zero-order chi connectivity index (χ0) is 17.1. The van der Waals surface area contributed by atoms with Gasteiger partial charge in [0.05, 0.1) is 13.1 Å². The van der Waals surface area contributed by atoms with Crippen LogP contribution < -0.4 is 0 Å². The van der Waals surface area contributed by atoms with E-state index in [-0.39, 0.29) is 28.2 Å².